The van der Waals surface area contributed by atoms with Gasteiger partial charge in [0, 0.05) is 22.6 Å². The second-order valence-corrected chi connectivity index (χ2v) is 8.46. The first-order chi connectivity index (χ1) is 11.9. The minimum absolute atomic E-state index is 0.211. The number of furan rings is 1. The maximum atomic E-state index is 12.9. The van der Waals surface area contributed by atoms with Crippen LogP contribution in [0.5, 0.6) is 0 Å². The van der Waals surface area contributed by atoms with E-state index in [2.05, 4.69) is 13.0 Å². The fourth-order valence-electron chi connectivity index (χ4n) is 6.25. The largest absolute Gasteiger partial charge is 0.469 e. The van der Waals surface area contributed by atoms with Gasteiger partial charge in [-0.2, -0.15) is 0 Å². The van der Waals surface area contributed by atoms with Crippen LogP contribution in [-0.2, 0) is 14.3 Å². The first kappa shape index (κ1) is 15.2. The minimum atomic E-state index is -0.363. The zero-order valence-corrected chi connectivity index (χ0v) is 14.8. The summed E-state index contributed by atoms with van der Waals surface area (Å²) in [6, 6.07) is 4.16. The number of benzene rings is 1. The third-order valence-electron chi connectivity index (χ3n) is 7.30. The molecule has 0 unspecified atom stereocenters. The third-order valence-corrected chi connectivity index (χ3v) is 7.30. The van der Waals surface area contributed by atoms with E-state index >= 15 is 0 Å². The van der Waals surface area contributed by atoms with E-state index in [4.69, 9.17) is 9.15 Å². The van der Waals surface area contributed by atoms with Crippen molar-refractivity contribution < 1.29 is 18.7 Å². The van der Waals surface area contributed by atoms with E-state index in [9.17, 15) is 9.59 Å². The van der Waals surface area contributed by atoms with Crippen LogP contribution in [0.25, 0.3) is 11.0 Å². The van der Waals surface area contributed by atoms with E-state index < -0.39 is 0 Å². The van der Waals surface area contributed by atoms with Crippen LogP contribution in [0.3, 0.4) is 0 Å². The fourth-order valence-corrected chi connectivity index (χ4v) is 6.25. The van der Waals surface area contributed by atoms with Crippen molar-refractivity contribution in [1.82, 2.24) is 0 Å². The van der Waals surface area contributed by atoms with E-state index in [1.54, 1.807) is 6.26 Å². The molecule has 3 aliphatic rings. The van der Waals surface area contributed by atoms with Gasteiger partial charge in [0.05, 0.1) is 19.3 Å². The van der Waals surface area contributed by atoms with Crippen LogP contribution in [0.2, 0.25) is 0 Å². The highest BCUT2D eigenvalue weighted by atomic mass is 16.5. The highest BCUT2D eigenvalue weighted by Crippen LogP contribution is 2.72. The van der Waals surface area contributed by atoms with Crippen LogP contribution in [0.4, 0.5) is 0 Å². The number of ether oxygens (including phenoxy) is 1. The lowest BCUT2D eigenvalue weighted by molar-refractivity contribution is -0.146. The molecule has 0 radical (unpaired) electrons. The summed E-state index contributed by atoms with van der Waals surface area (Å²) in [6.45, 7) is 4.11. The molecule has 2 bridgehead atoms. The predicted octanol–water partition coefficient (Wildman–Crippen LogP) is 4.24. The summed E-state index contributed by atoms with van der Waals surface area (Å²) in [5.74, 6) is -0.00282. The number of methoxy groups -OCH3 is 1. The predicted molar refractivity (Wildman–Crippen MR) is 92.5 cm³/mol. The standard InChI is InChI=1S/C21H22O4/c1-11-16-13(8-12-5-7-25-18(11)12)14-4-6-20(2)10-21(14,9-15(20)22)17(16)19(23)24-3/h5,7-8,14,17H,4,6,9-10H2,1-3H3/t14-,17+,20-,21+/m0/s1. The number of Topliss-reactive ketones (excluding diaryl/α,β-unsaturated/α-hetero) is 1. The Morgan fingerprint density at radius 1 is 1.40 bits per heavy atom. The molecule has 1 aromatic heterocycles. The molecule has 0 N–H and O–H groups in total. The maximum absolute atomic E-state index is 12.9. The van der Waals surface area contributed by atoms with Crippen LogP contribution >= 0.6 is 0 Å². The van der Waals surface area contributed by atoms with Crippen LogP contribution < -0.4 is 0 Å². The van der Waals surface area contributed by atoms with Crippen molar-refractivity contribution in [2.45, 2.75) is 51.4 Å². The number of rotatable bonds is 1. The molecule has 5 rings (SSSR count). The summed E-state index contributed by atoms with van der Waals surface area (Å²) < 4.78 is 10.9. The lowest BCUT2D eigenvalue weighted by Gasteiger charge is -2.41. The minimum Gasteiger partial charge on any atom is -0.469 e. The molecule has 0 saturated heterocycles. The number of esters is 1. The van der Waals surface area contributed by atoms with E-state index in [1.165, 1.54) is 12.7 Å². The lowest BCUT2D eigenvalue weighted by atomic mass is 9.61. The summed E-state index contributed by atoms with van der Waals surface area (Å²) >= 11 is 0. The Labute approximate surface area is 146 Å². The van der Waals surface area contributed by atoms with E-state index in [0.29, 0.717) is 12.2 Å². The molecule has 1 spiro atoms. The summed E-state index contributed by atoms with van der Waals surface area (Å²) in [5.41, 5.74) is 3.56. The third kappa shape index (κ3) is 1.63. The Balaban J connectivity index is 1.82. The monoisotopic (exact) mass is 338 g/mol. The van der Waals surface area contributed by atoms with Gasteiger partial charge >= 0.3 is 5.97 Å². The molecule has 0 amide bonds. The Bertz CT molecular complexity index is 939. The van der Waals surface area contributed by atoms with Gasteiger partial charge in [-0.1, -0.05) is 6.92 Å². The summed E-state index contributed by atoms with van der Waals surface area (Å²) in [5, 5.41) is 1.08. The van der Waals surface area contributed by atoms with Crippen molar-refractivity contribution in [3.05, 3.63) is 35.1 Å². The quantitative estimate of drug-likeness (QED) is 0.730. The van der Waals surface area contributed by atoms with Gasteiger partial charge in [-0.25, -0.2) is 0 Å². The molecule has 4 atom stereocenters. The molecule has 130 valence electrons. The van der Waals surface area contributed by atoms with Crippen molar-refractivity contribution in [3.63, 3.8) is 0 Å². The van der Waals surface area contributed by atoms with Crippen molar-refractivity contribution in [1.29, 1.82) is 0 Å². The van der Waals surface area contributed by atoms with Gasteiger partial charge < -0.3 is 9.15 Å². The first-order valence-electron chi connectivity index (χ1n) is 9.03. The topological polar surface area (TPSA) is 56.5 Å². The smallest absolute Gasteiger partial charge is 0.313 e. The van der Waals surface area contributed by atoms with E-state index in [1.807, 2.05) is 13.0 Å². The number of hydrogen-bond donors (Lipinski definition) is 0. The van der Waals surface area contributed by atoms with Crippen molar-refractivity contribution in [2.24, 2.45) is 10.8 Å². The number of aryl methyl sites for hydroxylation is 1. The molecule has 2 aromatic rings. The highest BCUT2D eigenvalue weighted by Gasteiger charge is 2.67. The molecule has 3 aliphatic carbocycles. The number of hydrogen-bond acceptors (Lipinski definition) is 4. The summed E-state index contributed by atoms with van der Waals surface area (Å²) in [6.07, 6.45) is 4.86. The van der Waals surface area contributed by atoms with Crippen LogP contribution in [0, 0.1) is 17.8 Å². The normalized spacial score (nSPS) is 35.7. The number of fused-ring (bicyclic) bond motifs is 4. The molecule has 1 heterocycles. The molecule has 25 heavy (non-hydrogen) atoms. The first-order valence-corrected chi connectivity index (χ1v) is 9.03. The van der Waals surface area contributed by atoms with Gasteiger partial charge in [0.25, 0.3) is 0 Å². The molecule has 0 aliphatic heterocycles. The number of ketones is 1. The Morgan fingerprint density at radius 3 is 2.96 bits per heavy atom. The van der Waals surface area contributed by atoms with Crippen molar-refractivity contribution >= 4 is 22.7 Å². The van der Waals surface area contributed by atoms with Gasteiger partial charge in [0.1, 0.15) is 11.4 Å². The lowest BCUT2D eigenvalue weighted by Crippen LogP contribution is -2.36. The Kier molecular flexibility index (Phi) is 2.76. The van der Waals surface area contributed by atoms with Gasteiger partial charge in [0.2, 0.25) is 0 Å². The summed E-state index contributed by atoms with van der Waals surface area (Å²) in [4.78, 5) is 25.7. The second kappa shape index (κ2) is 4.54. The Hall–Kier alpha value is -2.10. The Morgan fingerprint density at radius 2 is 2.20 bits per heavy atom. The maximum Gasteiger partial charge on any atom is 0.313 e. The van der Waals surface area contributed by atoms with Crippen molar-refractivity contribution in [3.8, 4) is 0 Å². The molecule has 4 nitrogen and oxygen atoms in total. The van der Waals surface area contributed by atoms with E-state index in [-0.39, 0.29) is 28.6 Å². The van der Waals surface area contributed by atoms with Crippen LogP contribution in [-0.4, -0.2) is 18.9 Å². The van der Waals surface area contributed by atoms with Gasteiger partial charge in [-0.05, 0) is 60.9 Å². The van der Waals surface area contributed by atoms with E-state index in [0.717, 1.165) is 41.4 Å². The second-order valence-electron chi connectivity index (χ2n) is 8.46. The number of carbonyl (C=O) groups excluding carboxylic acids is 2. The van der Waals surface area contributed by atoms with Crippen molar-refractivity contribution in [2.75, 3.05) is 7.11 Å². The van der Waals surface area contributed by atoms with Crippen LogP contribution in [0.15, 0.2) is 22.8 Å². The zero-order valence-electron chi connectivity index (χ0n) is 14.8. The molecular weight excluding hydrogens is 316 g/mol. The van der Waals surface area contributed by atoms with Crippen LogP contribution in [0.1, 0.15) is 61.1 Å². The van der Waals surface area contributed by atoms with Gasteiger partial charge in [-0.3, -0.25) is 9.59 Å². The molecule has 4 heteroatoms. The average molecular weight is 338 g/mol. The number of carbonyl (C=O) groups is 2. The highest BCUT2D eigenvalue weighted by molar-refractivity contribution is 5.94. The summed E-state index contributed by atoms with van der Waals surface area (Å²) in [7, 11) is 1.45. The zero-order chi connectivity index (χ0) is 17.6. The van der Waals surface area contributed by atoms with Gasteiger partial charge in [-0.15, -0.1) is 0 Å². The molecule has 2 fully saturated rings. The molecular formula is C21H22O4. The average Bonchev–Trinajstić information content (AvgIpc) is 3.20. The molecule has 1 aromatic carbocycles. The molecule has 2 saturated carbocycles. The SMILES string of the molecule is COC(=O)[C@H]1c2c(cc3ccoc3c2C)[C@@H]2CC[C@@]3(C)C[C@]21CC3=O. The van der Waals surface area contributed by atoms with Gasteiger partial charge in [0.15, 0.2) is 0 Å². The fraction of sp³-hybridized carbons (Fsp3) is 0.524.